The number of fused-ring (bicyclic) bond motifs is 5. The van der Waals surface area contributed by atoms with Gasteiger partial charge in [0.2, 0.25) is 0 Å². The average Bonchev–Trinajstić information content (AvgIpc) is 3.14. The molecule has 9 atom stereocenters. The first-order valence-electron chi connectivity index (χ1n) is 14.0. The van der Waals surface area contributed by atoms with E-state index in [4.69, 9.17) is 4.74 Å². The third-order valence-corrected chi connectivity index (χ3v) is 11.8. The van der Waals surface area contributed by atoms with Crippen molar-refractivity contribution in [1.29, 1.82) is 0 Å². The molecule has 3 heteroatoms. The van der Waals surface area contributed by atoms with E-state index >= 15 is 0 Å². The van der Waals surface area contributed by atoms with Gasteiger partial charge in [0, 0.05) is 6.42 Å². The molecule has 0 heterocycles. The van der Waals surface area contributed by atoms with Crippen LogP contribution in [0.2, 0.25) is 0 Å². The Morgan fingerprint density at radius 1 is 1.00 bits per heavy atom. The van der Waals surface area contributed by atoms with Crippen LogP contribution in [0.5, 0.6) is 0 Å². The molecule has 4 rings (SSSR count). The van der Waals surface area contributed by atoms with Crippen molar-refractivity contribution in [1.82, 2.24) is 0 Å². The molecule has 4 fully saturated rings. The Bertz CT molecular complexity index is 675. The molecule has 3 nitrogen and oxygen atoms in total. The molecule has 4 aliphatic rings. The van der Waals surface area contributed by atoms with E-state index in [-0.39, 0.29) is 5.97 Å². The summed E-state index contributed by atoms with van der Waals surface area (Å²) in [5, 5.41) is 11.0. The molecule has 32 heavy (non-hydrogen) atoms. The fraction of sp³-hybridized carbons (Fsp3) is 0.966. The van der Waals surface area contributed by atoms with E-state index in [1.165, 1.54) is 64.9 Å². The van der Waals surface area contributed by atoms with E-state index in [0.29, 0.717) is 17.3 Å². The van der Waals surface area contributed by atoms with E-state index in [1.54, 1.807) is 0 Å². The SMILES string of the molecule is CC[C@H](CCCC(=O)OC)[C@H]1CC[C@H]2[C@@H]3CC[C@H]4C[C@](O)(CC)CC[C@]4(C)[C@H]3CC[C@]12C. The van der Waals surface area contributed by atoms with Gasteiger partial charge < -0.3 is 9.84 Å². The summed E-state index contributed by atoms with van der Waals surface area (Å²) in [4.78, 5) is 11.6. The number of carbonyl (C=O) groups excluding carboxylic acids is 1. The second kappa shape index (κ2) is 9.23. The fourth-order valence-electron chi connectivity index (χ4n) is 9.76. The minimum atomic E-state index is -0.392. The molecule has 0 unspecified atom stereocenters. The van der Waals surface area contributed by atoms with Crippen LogP contribution in [-0.2, 0) is 9.53 Å². The van der Waals surface area contributed by atoms with Gasteiger partial charge in [-0.25, -0.2) is 0 Å². The van der Waals surface area contributed by atoms with Crippen molar-refractivity contribution < 1.29 is 14.6 Å². The average molecular weight is 447 g/mol. The van der Waals surface area contributed by atoms with Crippen molar-refractivity contribution in [2.45, 2.75) is 123 Å². The predicted molar refractivity (Wildman–Crippen MR) is 130 cm³/mol. The van der Waals surface area contributed by atoms with Gasteiger partial charge in [-0.1, -0.05) is 34.1 Å². The smallest absolute Gasteiger partial charge is 0.305 e. The van der Waals surface area contributed by atoms with Gasteiger partial charge >= 0.3 is 5.97 Å². The van der Waals surface area contributed by atoms with Gasteiger partial charge in [-0.3, -0.25) is 4.79 Å². The standard InChI is InChI=1S/C29H50O3/c1-6-20(9-8-10-26(30)32-5)23-13-14-24-22-12-11-21-19-29(31,7-2)18-17-27(21,3)25(22)15-16-28(23,24)4/h20-25,31H,6-19H2,1-5H3/t20-,21+,22+,23-,24+,25+,27+,28-,29+/m1/s1. The summed E-state index contributed by atoms with van der Waals surface area (Å²) >= 11 is 0. The summed E-state index contributed by atoms with van der Waals surface area (Å²) < 4.78 is 4.87. The van der Waals surface area contributed by atoms with Crippen LogP contribution in [0.1, 0.15) is 118 Å². The highest BCUT2D eigenvalue weighted by molar-refractivity contribution is 5.68. The number of carbonyl (C=O) groups is 1. The molecule has 0 spiro atoms. The van der Waals surface area contributed by atoms with Crippen LogP contribution < -0.4 is 0 Å². The molecule has 0 radical (unpaired) electrons. The molecule has 0 bridgehead atoms. The number of ether oxygens (including phenoxy) is 1. The van der Waals surface area contributed by atoms with Gasteiger partial charge in [0.15, 0.2) is 0 Å². The summed E-state index contributed by atoms with van der Waals surface area (Å²) in [7, 11) is 1.50. The number of hydrogen-bond acceptors (Lipinski definition) is 3. The zero-order chi connectivity index (χ0) is 23.1. The van der Waals surface area contributed by atoms with Crippen molar-refractivity contribution in [2.75, 3.05) is 7.11 Å². The Morgan fingerprint density at radius 2 is 1.75 bits per heavy atom. The largest absolute Gasteiger partial charge is 0.469 e. The van der Waals surface area contributed by atoms with Crippen LogP contribution in [-0.4, -0.2) is 23.8 Å². The van der Waals surface area contributed by atoms with Crippen LogP contribution in [0.25, 0.3) is 0 Å². The summed E-state index contributed by atoms with van der Waals surface area (Å²) in [6, 6.07) is 0. The van der Waals surface area contributed by atoms with Gasteiger partial charge in [-0.15, -0.1) is 0 Å². The molecule has 0 saturated heterocycles. The maximum atomic E-state index is 11.6. The van der Waals surface area contributed by atoms with Gasteiger partial charge in [0.25, 0.3) is 0 Å². The van der Waals surface area contributed by atoms with E-state index in [2.05, 4.69) is 27.7 Å². The molecule has 184 valence electrons. The Kier molecular flexibility index (Phi) is 7.08. The first kappa shape index (κ1) is 24.6. The first-order valence-corrected chi connectivity index (χ1v) is 14.0. The van der Waals surface area contributed by atoms with Crippen LogP contribution in [0, 0.1) is 46.3 Å². The lowest BCUT2D eigenvalue weighted by Crippen LogP contribution is -2.56. The van der Waals surface area contributed by atoms with Crippen molar-refractivity contribution in [2.24, 2.45) is 46.3 Å². The van der Waals surface area contributed by atoms with Gasteiger partial charge in [-0.2, -0.15) is 0 Å². The molecular weight excluding hydrogens is 396 g/mol. The van der Waals surface area contributed by atoms with Gasteiger partial charge in [0.1, 0.15) is 0 Å². The molecule has 4 aliphatic carbocycles. The molecule has 0 aliphatic heterocycles. The summed E-state index contributed by atoms with van der Waals surface area (Å²) in [6.45, 7) is 9.81. The lowest BCUT2D eigenvalue weighted by Gasteiger charge is -2.62. The van der Waals surface area contributed by atoms with E-state index in [0.717, 1.165) is 61.2 Å². The lowest BCUT2D eigenvalue weighted by atomic mass is 9.43. The molecular formula is C29H50O3. The van der Waals surface area contributed by atoms with Crippen molar-refractivity contribution in [3.05, 3.63) is 0 Å². The summed E-state index contributed by atoms with van der Waals surface area (Å²) in [6.07, 6.45) is 16.6. The zero-order valence-electron chi connectivity index (χ0n) is 21.6. The van der Waals surface area contributed by atoms with Crippen molar-refractivity contribution in [3.8, 4) is 0 Å². The Morgan fingerprint density at radius 3 is 2.44 bits per heavy atom. The van der Waals surface area contributed by atoms with Crippen molar-refractivity contribution >= 4 is 5.97 Å². The van der Waals surface area contributed by atoms with Crippen molar-refractivity contribution in [3.63, 3.8) is 0 Å². The van der Waals surface area contributed by atoms with Crippen LogP contribution >= 0.6 is 0 Å². The molecule has 0 aromatic rings. The van der Waals surface area contributed by atoms with E-state index in [1.807, 2.05) is 0 Å². The third-order valence-electron chi connectivity index (χ3n) is 11.8. The molecule has 0 aromatic heterocycles. The topological polar surface area (TPSA) is 46.5 Å². The Balaban J connectivity index is 1.46. The number of rotatable bonds is 7. The highest BCUT2D eigenvalue weighted by Crippen LogP contribution is 2.69. The number of methoxy groups -OCH3 is 1. The third kappa shape index (κ3) is 4.07. The molecule has 4 saturated carbocycles. The van der Waals surface area contributed by atoms with Crippen LogP contribution in [0.3, 0.4) is 0 Å². The Hall–Kier alpha value is -0.570. The number of hydrogen-bond donors (Lipinski definition) is 1. The van der Waals surface area contributed by atoms with E-state index < -0.39 is 5.60 Å². The minimum absolute atomic E-state index is 0.0525. The summed E-state index contributed by atoms with van der Waals surface area (Å²) in [5.41, 5.74) is 0.556. The van der Waals surface area contributed by atoms with Crippen LogP contribution in [0.4, 0.5) is 0 Å². The predicted octanol–water partition coefficient (Wildman–Crippen LogP) is 7.16. The first-order chi connectivity index (χ1) is 15.2. The second-order valence-electron chi connectivity index (χ2n) is 12.8. The highest BCUT2D eigenvalue weighted by atomic mass is 16.5. The van der Waals surface area contributed by atoms with Gasteiger partial charge in [0.05, 0.1) is 12.7 Å². The highest BCUT2D eigenvalue weighted by Gasteiger charge is 2.61. The number of esters is 1. The summed E-state index contributed by atoms with van der Waals surface area (Å²) in [5.74, 6) is 4.93. The Labute approximate surface area is 197 Å². The zero-order valence-corrected chi connectivity index (χ0v) is 21.6. The maximum Gasteiger partial charge on any atom is 0.305 e. The molecule has 0 amide bonds. The monoisotopic (exact) mass is 446 g/mol. The second-order valence-corrected chi connectivity index (χ2v) is 12.8. The molecule has 0 aromatic carbocycles. The maximum absolute atomic E-state index is 11.6. The van der Waals surface area contributed by atoms with Gasteiger partial charge in [-0.05, 0) is 123 Å². The number of aliphatic hydroxyl groups is 1. The lowest BCUT2D eigenvalue weighted by molar-refractivity contribution is -0.153. The van der Waals surface area contributed by atoms with E-state index in [9.17, 15) is 9.90 Å². The van der Waals surface area contributed by atoms with Crippen LogP contribution in [0.15, 0.2) is 0 Å². The minimum Gasteiger partial charge on any atom is -0.469 e. The molecule has 1 N–H and O–H groups in total. The quantitative estimate of drug-likeness (QED) is 0.422. The fourth-order valence-corrected chi connectivity index (χ4v) is 9.76. The normalized spacial score (nSPS) is 46.6.